The zero-order chi connectivity index (χ0) is 14.8. The summed E-state index contributed by atoms with van der Waals surface area (Å²) in [6, 6.07) is 6.57. The van der Waals surface area contributed by atoms with Crippen molar-refractivity contribution in [3.63, 3.8) is 0 Å². The minimum atomic E-state index is -0.205. The fourth-order valence-corrected chi connectivity index (χ4v) is 1.82. The highest BCUT2D eigenvalue weighted by Gasteiger charge is 2.06. The second-order valence-electron chi connectivity index (χ2n) is 4.58. The lowest BCUT2D eigenvalue weighted by atomic mass is 10.2. The number of nitrogens with one attached hydrogen (secondary N) is 1. The van der Waals surface area contributed by atoms with Crippen LogP contribution in [0, 0.1) is 5.82 Å². The average molecular weight is 277 g/mol. The minimum absolute atomic E-state index is 0.205. The highest BCUT2D eigenvalue weighted by Crippen LogP contribution is 2.05. The number of allylic oxidation sites excluding steroid dienone is 1. The number of benzene rings is 1. The van der Waals surface area contributed by atoms with E-state index in [1.807, 2.05) is 31.9 Å². The lowest BCUT2D eigenvalue weighted by Gasteiger charge is -2.22. The highest BCUT2D eigenvalue weighted by atomic mass is 19.1. The maximum Gasteiger partial charge on any atom is 0.193 e. The molecule has 0 saturated heterocycles. The Labute approximate surface area is 121 Å². The maximum absolute atomic E-state index is 12.9. The lowest BCUT2D eigenvalue weighted by molar-refractivity contribution is 0.476. The maximum atomic E-state index is 12.9. The minimum Gasteiger partial charge on any atom is -0.357 e. The van der Waals surface area contributed by atoms with E-state index in [0.29, 0.717) is 6.54 Å². The molecular formula is C16H24FN3. The van der Waals surface area contributed by atoms with Gasteiger partial charge in [0.05, 0.1) is 0 Å². The molecule has 110 valence electrons. The monoisotopic (exact) mass is 277 g/mol. The standard InChI is InChI=1S/C16H24FN3/c1-4-6-7-12-19-16(18-5-2)20(3)13-14-8-10-15(17)11-9-14/h4,6,8-11H,5,7,12-13H2,1-3H3,(H,18,19)/b6-4+. The van der Waals surface area contributed by atoms with Crippen molar-refractivity contribution < 1.29 is 4.39 Å². The molecule has 0 heterocycles. The van der Waals surface area contributed by atoms with Gasteiger partial charge >= 0.3 is 0 Å². The van der Waals surface area contributed by atoms with Gasteiger partial charge in [-0.3, -0.25) is 4.99 Å². The molecule has 0 aromatic heterocycles. The van der Waals surface area contributed by atoms with E-state index in [-0.39, 0.29) is 5.82 Å². The van der Waals surface area contributed by atoms with Crippen molar-refractivity contribution >= 4 is 5.96 Å². The van der Waals surface area contributed by atoms with E-state index >= 15 is 0 Å². The molecule has 1 aromatic rings. The van der Waals surface area contributed by atoms with Crippen molar-refractivity contribution in [3.05, 3.63) is 47.8 Å². The molecule has 1 rings (SSSR count). The molecule has 0 unspecified atom stereocenters. The summed E-state index contributed by atoms with van der Waals surface area (Å²) in [4.78, 5) is 6.62. The molecule has 4 heteroatoms. The summed E-state index contributed by atoms with van der Waals surface area (Å²) in [5.74, 6) is 0.671. The van der Waals surface area contributed by atoms with Crippen LogP contribution in [0.1, 0.15) is 25.8 Å². The van der Waals surface area contributed by atoms with Crippen LogP contribution in [-0.2, 0) is 6.54 Å². The van der Waals surface area contributed by atoms with E-state index in [1.165, 1.54) is 12.1 Å². The molecule has 0 aliphatic rings. The van der Waals surface area contributed by atoms with E-state index in [4.69, 9.17) is 0 Å². The first-order valence-corrected chi connectivity index (χ1v) is 7.02. The van der Waals surface area contributed by atoms with Crippen LogP contribution >= 0.6 is 0 Å². The molecule has 0 atom stereocenters. The second kappa shape index (κ2) is 9.13. The predicted octanol–water partition coefficient (Wildman–Crippen LogP) is 3.19. The van der Waals surface area contributed by atoms with Gasteiger partial charge in [-0.25, -0.2) is 4.39 Å². The number of hydrogen-bond donors (Lipinski definition) is 1. The molecule has 3 nitrogen and oxygen atoms in total. The number of nitrogens with zero attached hydrogens (tertiary/aromatic N) is 2. The van der Waals surface area contributed by atoms with E-state index in [1.54, 1.807) is 12.1 Å². The summed E-state index contributed by atoms with van der Waals surface area (Å²) in [7, 11) is 1.99. The molecule has 0 fully saturated rings. The number of halogens is 1. The average Bonchev–Trinajstić information content (AvgIpc) is 2.44. The Morgan fingerprint density at radius 2 is 2.05 bits per heavy atom. The van der Waals surface area contributed by atoms with Crippen molar-refractivity contribution in [1.82, 2.24) is 10.2 Å². The summed E-state index contributed by atoms with van der Waals surface area (Å²) in [5.41, 5.74) is 1.06. The normalized spacial score (nSPS) is 11.9. The third-order valence-electron chi connectivity index (χ3n) is 2.82. The molecular weight excluding hydrogens is 253 g/mol. The first-order chi connectivity index (χ1) is 9.67. The molecule has 1 N–H and O–H groups in total. The number of aliphatic imine (C=N–C) groups is 1. The first-order valence-electron chi connectivity index (χ1n) is 7.02. The SMILES string of the molecule is C/C=C/CCN=C(NCC)N(C)Cc1ccc(F)cc1. The Morgan fingerprint density at radius 3 is 2.65 bits per heavy atom. The third kappa shape index (κ3) is 5.87. The molecule has 0 spiro atoms. The molecule has 1 aromatic carbocycles. The molecule has 20 heavy (non-hydrogen) atoms. The second-order valence-corrected chi connectivity index (χ2v) is 4.58. The first kappa shape index (κ1) is 16.2. The largest absolute Gasteiger partial charge is 0.357 e. The van der Waals surface area contributed by atoms with Crippen LogP contribution in [0.15, 0.2) is 41.4 Å². The fourth-order valence-electron chi connectivity index (χ4n) is 1.82. The van der Waals surface area contributed by atoms with Gasteiger partial charge in [-0.1, -0.05) is 24.3 Å². The molecule has 0 bridgehead atoms. The van der Waals surface area contributed by atoms with Gasteiger partial charge in [0.2, 0.25) is 0 Å². The van der Waals surface area contributed by atoms with Crippen molar-refractivity contribution in [2.45, 2.75) is 26.8 Å². The fraction of sp³-hybridized carbons (Fsp3) is 0.438. The van der Waals surface area contributed by atoms with Gasteiger partial charge in [0.25, 0.3) is 0 Å². The summed E-state index contributed by atoms with van der Waals surface area (Å²) < 4.78 is 12.9. The van der Waals surface area contributed by atoms with Crippen molar-refractivity contribution in [1.29, 1.82) is 0 Å². The van der Waals surface area contributed by atoms with Crippen LogP contribution in [0.3, 0.4) is 0 Å². The molecule has 0 saturated carbocycles. The molecule has 0 radical (unpaired) electrons. The van der Waals surface area contributed by atoms with E-state index < -0.39 is 0 Å². The van der Waals surface area contributed by atoms with Gasteiger partial charge in [-0.05, 0) is 38.0 Å². The van der Waals surface area contributed by atoms with Crippen LogP contribution in [0.4, 0.5) is 4.39 Å². The van der Waals surface area contributed by atoms with Crippen molar-refractivity contribution in [3.8, 4) is 0 Å². The molecule has 0 amide bonds. The van der Waals surface area contributed by atoms with E-state index in [0.717, 1.165) is 31.0 Å². The van der Waals surface area contributed by atoms with Gasteiger partial charge in [0.1, 0.15) is 5.82 Å². The topological polar surface area (TPSA) is 27.6 Å². The highest BCUT2D eigenvalue weighted by molar-refractivity contribution is 5.79. The van der Waals surface area contributed by atoms with Crippen molar-refractivity contribution in [2.75, 3.05) is 20.1 Å². The Balaban J connectivity index is 2.62. The Bertz CT molecular complexity index is 438. The Hall–Kier alpha value is -1.84. The van der Waals surface area contributed by atoms with Gasteiger partial charge in [-0.2, -0.15) is 0 Å². The predicted molar refractivity (Wildman–Crippen MR) is 83.3 cm³/mol. The molecule has 0 aliphatic carbocycles. The Morgan fingerprint density at radius 1 is 1.35 bits per heavy atom. The number of hydrogen-bond acceptors (Lipinski definition) is 1. The summed E-state index contributed by atoms with van der Waals surface area (Å²) in [5, 5.41) is 3.27. The number of guanidine groups is 1. The zero-order valence-electron chi connectivity index (χ0n) is 12.6. The van der Waals surface area contributed by atoms with Crippen LogP contribution < -0.4 is 5.32 Å². The quantitative estimate of drug-likeness (QED) is 0.374. The zero-order valence-corrected chi connectivity index (χ0v) is 12.6. The van der Waals surface area contributed by atoms with Crippen LogP contribution in [0.5, 0.6) is 0 Å². The van der Waals surface area contributed by atoms with Crippen molar-refractivity contribution in [2.24, 2.45) is 4.99 Å². The Kier molecular flexibility index (Phi) is 7.40. The molecule has 0 aliphatic heterocycles. The smallest absolute Gasteiger partial charge is 0.193 e. The summed E-state index contributed by atoms with van der Waals surface area (Å²) >= 11 is 0. The summed E-state index contributed by atoms with van der Waals surface area (Å²) in [6.45, 7) is 6.36. The summed E-state index contributed by atoms with van der Waals surface area (Å²) in [6.07, 6.45) is 5.08. The number of rotatable bonds is 6. The van der Waals surface area contributed by atoms with Gasteiger partial charge in [-0.15, -0.1) is 0 Å². The van der Waals surface area contributed by atoms with Gasteiger partial charge in [0, 0.05) is 26.7 Å². The van der Waals surface area contributed by atoms with Crippen LogP contribution in [0.2, 0.25) is 0 Å². The van der Waals surface area contributed by atoms with E-state index in [9.17, 15) is 4.39 Å². The van der Waals surface area contributed by atoms with Gasteiger partial charge < -0.3 is 10.2 Å². The van der Waals surface area contributed by atoms with E-state index in [2.05, 4.69) is 16.4 Å². The lowest BCUT2D eigenvalue weighted by Crippen LogP contribution is -2.38. The van der Waals surface area contributed by atoms with Crippen LogP contribution in [-0.4, -0.2) is 31.0 Å². The van der Waals surface area contributed by atoms with Crippen LogP contribution in [0.25, 0.3) is 0 Å². The van der Waals surface area contributed by atoms with Gasteiger partial charge in [0.15, 0.2) is 5.96 Å². The third-order valence-corrected chi connectivity index (χ3v) is 2.82.